The summed E-state index contributed by atoms with van der Waals surface area (Å²) in [6.07, 6.45) is 0.974. The Hall–Kier alpha value is -2.04. The van der Waals surface area contributed by atoms with Crippen molar-refractivity contribution in [1.29, 1.82) is 0 Å². The molecule has 0 spiro atoms. The molecule has 0 radical (unpaired) electrons. The molecule has 5 nitrogen and oxygen atoms in total. The fourth-order valence-corrected chi connectivity index (χ4v) is 1.14. The highest BCUT2D eigenvalue weighted by molar-refractivity contribution is 5.80. The van der Waals surface area contributed by atoms with Crippen LogP contribution in [0.25, 0.3) is 0 Å². The van der Waals surface area contributed by atoms with Gasteiger partial charge in [-0.1, -0.05) is 0 Å². The van der Waals surface area contributed by atoms with Crippen LogP contribution in [0.2, 0.25) is 0 Å². The second kappa shape index (κ2) is 7.27. The summed E-state index contributed by atoms with van der Waals surface area (Å²) in [5.74, 6) is 0.808. The molecule has 1 rings (SSSR count). The molecule has 17 heavy (non-hydrogen) atoms. The van der Waals surface area contributed by atoms with Crippen LogP contribution < -0.4 is 10.2 Å². The van der Waals surface area contributed by atoms with Crippen LogP contribution in [-0.4, -0.2) is 25.5 Å². The van der Waals surface area contributed by atoms with E-state index in [1.807, 2.05) is 31.2 Å². The number of carbonyl (C=O) groups excluding carboxylic acids is 1. The zero-order valence-corrected chi connectivity index (χ0v) is 9.97. The quantitative estimate of drug-likeness (QED) is 0.629. The van der Waals surface area contributed by atoms with E-state index in [2.05, 4.69) is 15.3 Å². The van der Waals surface area contributed by atoms with E-state index in [-0.39, 0.29) is 0 Å². The summed E-state index contributed by atoms with van der Waals surface area (Å²) in [6, 6.07) is 7.38. The number of amides is 1. The molecule has 1 N–H and O–H groups in total. The molecule has 0 aliphatic carbocycles. The number of nitrogens with zero attached hydrogens (tertiary/aromatic N) is 1. The van der Waals surface area contributed by atoms with Crippen molar-refractivity contribution in [2.75, 3.05) is 13.2 Å². The van der Waals surface area contributed by atoms with Crippen LogP contribution in [0.15, 0.2) is 29.4 Å². The highest BCUT2D eigenvalue weighted by atomic mass is 16.5. The molecule has 0 aliphatic heterocycles. The highest BCUT2D eigenvalue weighted by Crippen LogP contribution is 2.10. The Morgan fingerprint density at radius 1 is 1.29 bits per heavy atom. The molecule has 0 unspecified atom stereocenters. The number of hydrazone groups is 1. The van der Waals surface area contributed by atoms with E-state index in [9.17, 15) is 4.79 Å². The lowest BCUT2D eigenvalue weighted by Gasteiger charge is -2.02. The van der Waals surface area contributed by atoms with Gasteiger partial charge in [0.1, 0.15) is 5.75 Å². The van der Waals surface area contributed by atoms with Gasteiger partial charge < -0.3 is 9.47 Å². The molecule has 0 atom stereocenters. The molecular formula is C12H16N2O3. The molecule has 0 aromatic heterocycles. The average Bonchev–Trinajstić information content (AvgIpc) is 2.32. The minimum Gasteiger partial charge on any atom is -0.494 e. The largest absolute Gasteiger partial charge is 0.494 e. The Morgan fingerprint density at radius 2 is 2.00 bits per heavy atom. The molecule has 0 aliphatic rings. The Labute approximate surface area is 100 Å². The lowest BCUT2D eigenvalue weighted by Crippen LogP contribution is -2.18. The molecule has 1 aromatic carbocycles. The van der Waals surface area contributed by atoms with Gasteiger partial charge in [0, 0.05) is 0 Å². The third-order valence-electron chi connectivity index (χ3n) is 1.84. The van der Waals surface area contributed by atoms with Gasteiger partial charge in [-0.15, -0.1) is 0 Å². The number of rotatable bonds is 5. The molecule has 1 amide bonds. The summed E-state index contributed by atoms with van der Waals surface area (Å²) in [6.45, 7) is 4.62. The third kappa shape index (κ3) is 5.01. The third-order valence-corrected chi connectivity index (χ3v) is 1.84. The predicted molar refractivity (Wildman–Crippen MR) is 65.4 cm³/mol. The Bertz CT molecular complexity index is 374. The van der Waals surface area contributed by atoms with Crippen LogP contribution >= 0.6 is 0 Å². The second-order valence-corrected chi connectivity index (χ2v) is 3.09. The molecule has 0 fully saturated rings. The Balaban J connectivity index is 2.45. The standard InChI is InChI=1S/C12H16N2O3/c1-3-16-11-7-5-10(6-8-11)9-13-14-12(15)17-4-2/h5-9H,3-4H2,1-2H3,(H,14,15). The summed E-state index contributed by atoms with van der Waals surface area (Å²) in [7, 11) is 0. The zero-order chi connectivity index (χ0) is 12.5. The van der Waals surface area contributed by atoms with E-state index < -0.39 is 6.09 Å². The number of nitrogens with one attached hydrogen (secondary N) is 1. The van der Waals surface area contributed by atoms with Gasteiger partial charge in [0.25, 0.3) is 0 Å². The van der Waals surface area contributed by atoms with Crippen molar-refractivity contribution in [2.24, 2.45) is 5.10 Å². The minimum atomic E-state index is -0.560. The van der Waals surface area contributed by atoms with Crippen molar-refractivity contribution in [1.82, 2.24) is 5.43 Å². The fourth-order valence-electron chi connectivity index (χ4n) is 1.14. The Morgan fingerprint density at radius 3 is 2.59 bits per heavy atom. The van der Waals surface area contributed by atoms with Gasteiger partial charge in [-0.3, -0.25) is 0 Å². The van der Waals surface area contributed by atoms with Gasteiger partial charge in [0.2, 0.25) is 0 Å². The lowest BCUT2D eigenvalue weighted by atomic mass is 10.2. The number of benzene rings is 1. The van der Waals surface area contributed by atoms with Crippen molar-refractivity contribution in [3.8, 4) is 5.75 Å². The molecule has 0 saturated heterocycles. The maximum atomic E-state index is 10.9. The molecule has 0 heterocycles. The fraction of sp³-hybridized carbons (Fsp3) is 0.333. The van der Waals surface area contributed by atoms with Gasteiger partial charge >= 0.3 is 6.09 Å². The number of hydrogen-bond donors (Lipinski definition) is 1. The van der Waals surface area contributed by atoms with Gasteiger partial charge in [-0.2, -0.15) is 5.10 Å². The highest BCUT2D eigenvalue weighted by Gasteiger charge is 1.96. The van der Waals surface area contributed by atoms with Crippen LogP contribution in [0.3, 0.4) is 0 Å². The van der Waals surface area contributed by atoms with Crippen LogP contribution in [0.4, 0.5) is 4.79 Å². The van der Waals surface area contributed by atoms with Crippen molar-refractivity contribution in [2.45, 2.75) is 13.8 Å². The van der Waals surface area contributed by atoms with Crippen molar-refractivity contribution >= 4 is 12.3 Å². The monoisotopic (exact) mass is 236 g/mol. The number of hydrogen-bond acceptors (Lipinski definition) is 4. The first kappa shape index (κ1) is 13.0. The summed E-state index contributed by atoms with van der Waals surface area (Å²) < 4.78 is 9.95. The second-order valence-electron chi connectivity index (χ2n) is 3.09. The molecule has 0 bridgehead atoms. The summed E-state index contributed by atoms with van der Waals surface area (Å²) >= 11 is 0. The number of ether oxygens (including phenoxy) is 2. The first-order chi connectivity index (χ1) is 8.26. The zero-order valence-electron chi connectivity index (χ0n) is 9.97. The molecule has 1 aromatic rings. The molecule has 92 valence electrons. The molecular weight excluding hydrogens is 220 g/mol. The van der Waals surface area contributed by atoms with Crippen molar-refractivity contribution in [3.05, 3.63) is 29.8 Å². The minimum absolute atomic E-state index is 0.324. The first-order valence-corrected chi connectivity index (χ1v) is 5.45. The molecule has 0 saturated carbocycles. The first-order valence-electron chi connectivity index (χ1n) is 5.45. The maximum absolute atomic E-state index is 10.9. The summed E-state index contributed by atoms with van der Waals surface area (Å²) in [5.41, 5.74) is 3.11. The van der Waals surface area contributed by atoms with Crippen LogP contribution in [0.5, 0.6) is 5.75 Å². The van der Waals surface area contributed by atoms with Crippen molar-refractivity contribution < 1.29 is 14.3 Å². The normalized spacial score (nSPS) is 10.2. The van der Waals surface area contributed by atoms with E-state index in [1.165, 1.54) is 6.21 Å². The van der Waals surface area contributed by atoms with Crippen LogP contribution in [-0.2, 0) is 4.74 Å². The van der Waals surface area contributed by atoms with Crippen LogP contribution in [0.1, 0.15) is 19.4 Å². The van der Waals surface area contributed by atoms with Gasteiger partial charge in [-0.05, 0) is 43.7 Å². The van der Waals surface area contributed by atoms with E-state index in [4.69, 9.17) is 4.74 Å². The van der Waals surface area contributed by atoms with Crippen molar-refractivity contribution in [3.63, 3.8) is 0 Å². The summed E-state index contributed by atoms with van der Waals surface area (Å²) in [5, 5.41) is 3.75. The van der Waals surface area contributed by atoms with Gasteiger partial charge in [-0.25, -0.2) is 10.2 Å². The van der Waals surface area contributed by atoms with Gasteiger partial charge in [0.15, 0.2) is 0 Å². The number of carbonyl (C=O) groups is 1. The van der Waals surface area contributed by atoms with E-state index >= 15 is 0 Å². The molecule has 5 heteroatoms. The van der Waals surface area contributed by atoms with Gasteiger partial charge in [0.05, 0.1) is 19.4 Å². The topological polar surface area (TPSA) is 59.9 Å². The predicted octanol–water partition coefficient (Wildman–Crippen LogP) is 2.17. The van der Waals surface area contributed by atoms with Crippen LogP contribution in [0, 0.1) is 0 Å². The van der Waals surface area contributed by atoms with E-state index in [0.29, 0.717) is 13.2 Å². The smallest absolute Gasteiger partial charge is 0.427 e. The van der Waals surface area contributed by atoms with E-state index in [0.717, 1.165) is 11.3 Å². The lowest BCUT2D eigenvalue weighted by molar-refractivity contribution is 0.152. The SMILES string of the molecule is CCOC(=O)NN=Cc1ccc(OCC)cc1. The summed E-state index contributed by atoms with van der Waals surface area (Å²) in [4.78, 5) is 10.9. The Kier molecular flexibility index (Phi) is 5.57. The maximum Gasteiger partial charge on any atom is 0.427 e. The average molecular weight is 236 g/mol. The van der Waals surface area contributed by atoms with E-state index in [1.54, 1.807) is 6.92 Å².